The van der Waals surface area contributed by atoms with E-state index in [2.05, 4.69) is 110 Å². The SMILES string of the molecule is CCCc1ccc(C#Cc2cc3c(o2)CCc2c-3ccc3c2CCc2oc(C#Cc4ccc(CCC)cc4)cc2-3)cc1. The minimum absolute atomic E-state index is 0.739. The van der Waals surface area contributed by atoms with Gasteiger partial charge in [-0.15, -0.1) is 0 Å². The van der Waals surface area contributed by atoms with Crippen molar-refractivity contribution >= 4 is 0 Å². The van der Waals surface area contributed by atoms with Gasteiger partial charge in [0.25, 0.3) is 0 Å². The van der Waals surface area contributed by atoms with E-state index in [4.69, 9.17) is 8.83 Å². The monoisotopic (exact) mass is 546 g/mol. The van der Waals surface area contributed by atoms with E-state index in [1.165, 1.54) is 44.5 Å². The fourth-order valence-electron chi connectivity index (χ4n) is 6.41. The van der Waals surface area contributed by atoms with Crippen LogP contribution in [0.15, 0.2) is 81.6 Å². The first-order chi connectivity index (χ1) is 20.7. The predicted molar refractivity (Wildman–Crippen MR) is 169 cm³/mol. The van der Waals surface area contributed by atoms with E-state index in [1.54, 1.807) is 0 Å². The summed E-state index contributed by atoms with van der Waals surface area (Å²) in [5.74, 6) is 16.7. The number of furan rings is 2. The lowest BCUT2D eigenvalue weighted by Crippen LogP contribution is -2.10. The Balaban J connectivity index is 1.14. The van der Waals surface area contributed by atoms with Crippen LogP contribution in [0, 0.1) is 23.7 Å². The van der Waals surface area contributed by atoms with Gasteiger partial charge in [0.05, 0.1) is 0 Å². The van der Waals surface area contributed by atoms with Crippen LogP contribution in [0.5, 0.6) is 0 Å². The maximum Gasteiger partial charge on any atom is 0.178 e. The lowest BCUT2D eigenvalue weighted by atomic mass is 9.79. The largest absolute Gasteiger partial charge is 0.452 e. The molecule has 2 aromatic heterocycles. The van der Waals surface area contributed by atoms with Crippen molar-refractivity contribution in [2.24, 2.45) is 0 Å². The maximum atomic E-state index is 6.23. The highest BCUT2D eigenvalue weighted by Crippen LogP contribution is 2.44. The molecular formula is C40H34O2. The van der Waals surface area contributed by atoms with Crippen LogP contribution >= 0.6 is 0 Å². The molecule has 2 aliphatic carbocycles. The Labute approximate surface area is 248 Å². The second-order valence-corrected chi connectivity index (χ2v) is 11.4. The highest BCUT2D eigenvalue weighted by atomic mass is 16.3. The minimum atomic E-state index is 0.739. The summed E-state index contributed by atoms with van der Waals surface area (Å²) in [5.41, 5.74) is 12.6. The summed E-state index contributed by atoms with van der Waals surface area (Å²) in [4.78, 5) is 0. The molecule has 0 spiro atoms. The zero-order chi connectivity index (χ0) is 28.5. The van der Waals surface area contributed by atoms with Crippen molar-refractivity contribution in [1.29, 1.82) is 0 Å². The molecule has 206 valence electrons. The van der Waals surface area contributed by atoms with Crippen LogP contribution < -0.4 is 0 Å². The average Bonchev–Trinajstić information content (AvgIpc) is 3.64. The molecule has 0 fully saturated rings. The first-order valence-electron chi connectivity index (χ1n) is 15.3. The van der Waals surface area contributed by atoms with Crippen LogP contribution in [-0.4, -0.2) is 0 Å². The molecule has 0 saturated carbocycles. The molecule has 5 aromatic rings. The maximum absolute atomic E-state index is 6.23. The van der Waals surface area contributed by atoms with E-state index < -0.39 is 0 Å². The Morgan fingerprint density at radius 1 is 0.500 bits per heavy atom. The average molecular weight is 547 g/mol. The summed E-state index contributed by atoms with van der Waals surface area (Å²) in [6.07, 6.45) is 8.29. The first-order valence-corrected chi connectivity index (χ1v) is 15.3. The summed E-state index contributed by atoms with van der Waals surface area (Å²) in [5, 5.41) is 0. The molecule has 2 heterocycles. The molecule has 0 N–H and O–H groups in total. The van der Waals surface area contributed by atoms with Crippen LogP contribution in [0.3, 0.4) is 0 Å². The predicted octanol–water partition coefficient (Wildman–Crippen LogP) is 9.11. The topological polar surface area (TPSA) is 26.3 Å². The van der Waals surface area contributed by atoms with E-state index in [9.17, 15) is 0 Å². The van der Waals surface area contributed by atoms with E-state index >= 15 is 0 Å². The zero-order valence-corrected chi connectivity index (χ0v) is 24.4. The summed E-state index contributed by atoms with van der Waals surface area (Å²) in [6.45, 7) is 4.41. The van der Waals surface area contributed by atoms with E-state index in [1.807, 2.05) is 0 Å². The van der Waals surface area contributed by atoms with Crippen molar-refractivity contribution in [3.8, 4) is 45.9 Å². The minimum Gasteiger partial charge on any atom is -0.452 e. The molecule has 42 heavy (non-hydrogen) atoms. The van der Waals surface area contributed by atoms with Gasteiger partial charge in [0, 0.05) is 47.2 Å². The smallest absolute Gasteiger partial charge is 0.178 e. The van der Waals surface area contributed by atoms with E-state index in [-0.39, 0.29) is 0 Å². The molecule has 0 amide bonds. The van der Waals surface area contributed by atoms with Crippen molar-refractivity contribution < 1.29 is 8.83 Å². The van der Waals surface area contributed by atoms with Crippen LogP contribution in [0.25, 0.3) is 22.3 Å². The number of fused-ring (bicyclic) bond motifs is 7. The number of hydrogen-bond donors (Lipinski definition) is 0. The lowest BCUT2D eigenvalue weighted by molar-refractivity contribution is 0.493. The fraction of sp³-hybridized carbons (Fsp3) is 0.250. The molecule has 2 nitrogen and oxygen atoms in total. The second kappa shape index (κ2) is 11.3. The van der Waals surface area contributed by atoms with Crippen LogP contribution in [0.1, 0.15) is 83.1 Å². The summed E-state index contributed by atoms with van der Waals surface area (Å²) in [6, 6.07) is 25.9. The van der Waals surface area contributed by atoms with E-state index in [0.29, 0.717) is 0 Å². The highest BCUT2D eigenvalue weighted by molar-refractivity contribution is 5.82. The second-order valence-electron chi connectivity index (χ2n) is 11.4. The first kappa shape index (κ1) is 26.3. The van der Waals surface area contributed by atoms with Gasteiger partial charge in [-0.1, -0.05) is 74.9 Å². The summed E-state index contributed by atoms with van der Waals surface area (Å²) >= 11 is 0. The molecule has 0 aliphatic heterocycles. The van der Waals surface area contributed by atoms with Crippen LogP contribution in [0.4, 0.5) is 0 Å². The third kappa shape index (κ3) is 5.11. The Morgan fingerprint density at radius 2 is 0.929 bits per heavy atom. The van der Waals surface area contributed by atoms with Crippen molar-refractivity contribution in [3.05, 3.63) is 129 Å². The Morgan fingerprint density at radius 3 is 1.33 bits per heavy atom. The molecule has 0 unspecified atom stereocenters. The molecule has 7 rings (SSSR count). The summed E-state index contributed by atoms with van der Waals surface area (Å²) < 4.78 is 12.5. The molecule has 2 heteroatoms. The Bertz CT molecular complexity index is 1750. The normalized spacial score (nSPS) is 12.6. The van der Waals surface area contributed by atoms with Crippen molar-refractivity contribution in [2.45, 2.75) is 65.2 Å². The molecule has 0 radical (unpaired) electrons. The molecule has 0 bridgehead atoms. The highest BCUT2D eigenvalue weighted by Gasteiger charge is 2.28. The van der Waals surface area contributed by atoms with Gasteiger partial charge in [-0.05, 0) is 95.2 Å². The molecule has 2 aliphatic rings. The molecule has 3 aromatic carbocycles. The standard InChI is InChI=1S/C40H34O2/c1-3-5-27-7-11-29(12-8-27)15-17-31-25-37-35-19-20-36-34(33(35)21-23-39(37)41-31)22-24-40-38(36)26-32(42-40)18-16-30-13-9-28(6-4-2)10-14-30/h7-14,19-20,25-26H,3-6,21-24H2,1-2H3. The van der Waals surface area contributed by atoms with Gasteiger partial charge in [0.2, 0.25) is 0 Å². The van der Waals surface area contributed by atoms with Gasteiger partial charge in [-0.2, -0.15) is 0 Å². The van der Waals surface area contributed by atoms with Gasteiger partial charge in [-0.3, -0.25) is 0 Å². The van der Waals surface area contributed by atoms with Gasteiger partial charge < -0.3 is 8.83 Å². The van der Waals surface area contributed by atoms with Gasteiger partial charge in [-0.25, -0.2) is 0 Å². The lowest BCUT2D eigenvalue weighted by Gasteiger charge is -2.24. The zero-order valence-electron chi connectivity index (χ0n) is 24.4. The van der Waals surface area contributed by atoms with E-state index in [0.717, 1.165) is 85.5 Å². The molecule has 0 saturated heterocycles. The number of benzene rings is 3. The van der Waals surface area contributed by atoms with Crippen molar-refractivity contribution in [3.63, 3.8) is 0 Å². The summed E-state index contributed by atoms with van der Waals surface area (Å²) in [7, 11) is 0. The third-order valence-corrected chi connectivity index (χ3v) is 8.48. The number of rotatable bonds is 4. The van der Waals surface area contributed by atoms with Gasteiger partial charge >= 0.3 is 0 Å². The molecular weight excluding hydrogens is 512 g/mol. The van der Waals surface area contributed by atoms with Crippen molar-refractivity contribution in [2.75, 3.05) is 0 Å². The quantitative estimate of drug-likeness (QED) is 0.210. The van der Waals surface area contributed by atoms with Gasteiger partial charge in [0.15, 0.2) is 11.5 Å². The third-order valence-electron chi connectivity index (χ3n) is 8.48. The Hall–Kier alpha value is -4.66. The fourth-order valence-corrected chi connectivity index (χ4v) is 6.41. The van der Waals surface area contributed by atoms with Crippen LogP contribution in [0.2, 0.25) is 0 Å². The Kier molecular flexibility index (Phi) is 7.07. The number of hydrogen-bond acceptors (Lipinski definition) is 2. The van der Waals surface area contributed by atoms with Crippen LogP contribution in [-0.2, 0) is 38.5 Å². The van der Waals surface area contributed by atoms with Crippen molar-refractivity contribution in [1.82, 2.24) is 0 Å². The number of aryl methyl sites for hydroxylation is 4. The molecule has 0 atom stereocenters. The van der Waals surface area contributed by atoms with Gasteiger partial charge in [0.1, 0.15) is 11.5 Å².